The van der Waals surface area contributed by atoms with Gasteiger partial charge in [-0.05, 0) is 50.2 Å². The summed E-state index contributed by atoms with van der Waals surface area (Å²) >= 11 is 0. The Kier molecular flexibility index (Phi) is 6.71. The Hall–Kier alpha value is -3.56. The van der Waals surface area contributed by atoms with Gasteiger partial charge in [-0.1, -0.05) is 0 Å². The summed E-state index contributed by atoms with van der Waals surface area (Å²) in [4.78, 5) is 48.7. The summed E-state index contributed by atoms with van der Waals surface area (Å²) in [5.41, 5.74) is 0.690. The van der Waals surface area contributed by atoms with Crippen LogP contribution in [0.25, 0.3) is 0 Å². The van der Waals surface area contributed by atoms with Crippen molar-refractivity contribution in [1.82, 2.24) is 0 Å². The number of methoxy groups -OCH3 is 2. The lowest BCUT2D eigenvalue weighted by molar-refractivity contribution is -0.187. The van der Waals surface area contributed by atoms with E-state index >= 15 is 0 Å². The van der Waals surface area contributed by atoms with E-state index in [1.807, 2.05) is 0 Å². The van der Waals surface area contributed by atoms with Crippen LogP contribution in [0.5, 0.6) is 11.5 Å². The molecule has 0 amide bonds. The second-order valence-electron chi connectivity index (χ2n) is 6.65. The van der Waals surface area contributed by atoms with E-state index in [1.54, 1.807) is 13.8 Å². The first kappa shape index (κ1) is 23.1. The molecule has 0 spiro atoms. The number of hydrogen-bond donors (Lipinski definition) is 0. The van der Waals surface area contributed by atoms with Crippen molar-refractivity contribution in [3.63, 3.8) is 0 Å². The minimum Gasteiger partial charge on any atom is -0.460 e. The molecule has 0 aliphatic carbocycles. The van der Waals surface area contributed by atoms with Crippen LogP contribution in [0.4, 0.5) is 0 Å². The third-order valence-corrected chi connectivity index (χ3v) is 4.91. The highest BCUT2D eigenvalue weighted by Gasteiger charge is 2.44. The molecule has 168 valence electrons. The standard InChI is InChI=1S/C23H22O9/c1-5-30-21(26)19(24)13-7-9-17-15(11-13)23(28-3,29-4)16-12-14(8-10-18(16)32-17)20(25)22(27)31-6-2/h7-12H,5-6H2,1-4H3. The van der Waals surface area contributed by atoms with Gasteiger partial charge < -0.3 is 23.7 Å². The molecule has 9 nitrogen and oxygen atoms in total. The normalized spacial score (nSPS) is 13.2. The SMILES string of the molecule is CCOC(=O)C(=O)c1ccc2c(c1)C(OC)(OC)c1cc(C(=O)C(=O)OCC)ccc1O2. The van der Waals surface area contributed by atoms with E-state index in [0.717, 1.165) is 0 Å². The summed E-state index contributed by atoms with van der Waals surface area (Å²) in [5.74, 6) is -4.60. The molecule has 9 heteroatoms. The first-order valence-corrected chi connectivity index (χ1v) is 9.83. The summed E-state index contributed by atoms with van der Waals surface area (Å²) in [7, 11) is 2.75. The number of ketones is 2. The highest BCUT2D eigenvalue weighted by Crippen LogP contribution is 2.49. The summed E-state index contributed by atoms with van der Waals surface area (Å²) in [6, 6.07) is 8.69. The predicted molar refractivity (Wildman–Crippen MR) is 110 cm³/mol. The van der Waals surface area contributed by atoms with Gasteiger partial charge in [-0.25, -0.2) is 9.59 Å². The molecule has 0 atom stereocenters. The third-order valence-electron chi connectivity index (χ3n) is 4.91. The smallest absolute Gasteiger partial charge is 0.379 e. The first-order valence-electron chi connectivity index (χ1n) is 9.83. The third kappa shape index (κ3) is 3.88. The van der Waals surface area contributed by atoms with Gasteiger partial charge in [-0.3, -0.25) is 9.59 Å². The molecular weight excluding hydrogens is 420 g/mol. The molecule has 1 aliphatic rings. The fourth-order valence-corrected chi connectivity index (χ4v) is 3.45. The summed E-state index contributed by atoms with van der Waals surface area (Å²) in [5, 5.41) is 0. The quantitative estimate of drug-likeness (QED) is 0.263. The highest BCUT2D eigenvalue weighted by atomic mass is 16.7. The molecule has 3 rings (SSSR count). The first-order chi connectivity index (χ1) is 15.3. The molecular formula is C23H22O9. The Morgan fingerprint density at radius 2 is 1.16 bits per heavy atom. The van der Waals surface area contributed by atoms with Gasteiger partial charge in [0.25, 0.3) is 11.6 Å². The van der Waals surface area contributed by atoms with Crippen molar-refractivity contribution in [2.75, 3.05) is 27.4 Å². The molecule has 2 aromatic rings. The topological polar surface area (TPSA) is 114 Å². The van der Waals surface area contributed by atoms with Crippen LogP contribution in [0.3, 0.4) is 0 Å². The van der Waals surface area contributed by atoms with E-state index in [9.17, 15) is 19.2 Å². The van der Waals surface area contributed by atoms with Crippen LogP contribution in [0, 0.1) is 0 Å². The average Bonchev–Trinajstić information content (AvgIpc) is 2.81. The lowest BCUT2D eigenvalue weighted by Gasteiger charge is -2.37. The number of carbonyl (C=O) groups is 4. The van der Waals surface area contributed by atoms with Crippen molar-refractivity contribution in [3.8, 4) is 11.5 Å². The zero-order valence-corrected chi connectivity index (χ0v) is 18.1. The van der Waals surface area contributed by atoms with Gasteiger partial charge in [0, 0.05) is 25.3 Å². The molecule has 0 radical (unpaired) electrons. The molecule has 1 aliphatic heterocycles. The Morgan fingerprint density at radius 3 is 1.50 bits per heavy atom. The fourth-order valence-electron chi connectivity index (χ4n) is 3.45. The number of carbonyl (C=O) groups excluding carboxylic acids is 4. The number of rotatable bonds is 8. The van der Waals surface area contributed by atoms with E-state index in [4.69, 9.17) is 23.7 Å². The van der Waals surface area contributed by atoms with Crippen molar-refractivity contribution in [3.05, 3.63) is 58.7 Å². The fraction of sp³-hybridized carbons (Fsp3) is 0.304. The van der Waals surface area contributed by atoms with E-state index in [2.05, 4.69) is 0 Å². The zero-order valence-electron chi connectivity index (χ0n) is 18.1. The van der Waals surface area contributed by atoms with Crippen LogP contribution < -0.4 is 4.74 Å². The van der Waals surface area contributed by atoms with Crippen LogP contribution in [-0.4, -0.2) is 50.9 Å². The number of Topliss-reactive ketones (excluding diaryl/α,β-unsaturated/α-hetero) is 2. The molecule has 0 N–H and O–H groups in total. The maximum Gasteiger partial charge on any atom is 0.379 e. The summed E-state index contributed by atoms with van der Waals surface area (Å²) < 4.78 is 26.9. The number of esters is 2. The van der Waals surface area contributed by atoms with Gasteiger partial charge in [0.05, 0.1) is 24.3 Å². The van der Waals surface area contributed by atoms with Gasteiger partial charge in [0.1, 0.15) is 11.5 Å². The van der Waals surface area contributed by atoms with Gasteiger partial charge in [0.2, 0.25) is 5.79 Å². The molecule has 0 saturated heterocycles. The largest absolute Gasteiger partial charge is 0.460 e. The molecule has 0 unspecified atom stereocenters. The van der Waals surface area contributed by atoms with Crippen molar-refractivity contribution in [1.29, 1.82) is 0 Å². The average molecular weight is 442 g/mol. The minimum absolute atomic E-state index is 0.0477. The van der Waals surface area contributed by atoms with Crippen molar-refractivity contribution < 1.29 is 42.9 Å². The van der Waals surface area contributed by atoms with E-state index < -0.39 is 29.3 Å². The molecule has 2 aromatic carbocycles. The maximum atomic E-state index is 12.4. The van der Waals surface area contributed by atoms with Crippen molar-refractivity contribution in [2.24, 2.45) is 0 Å². The van der Waals surface area contributed by atoms with Crippen LogP contribution in [0.2, 0.25) is 0 Å². The molecule has 0 aromatic heterocycles. The monoisotopic (exact) mass is 442 g/mol. The Bertz CT molecular complexity index is 1000. The molecule has 0 saturated carbocycles. The van der Waals surface area contributed by atoms with Gasteiger partial charge in [0.15, 0.2) is 0 Å². The molecule has 32 heavy (non-hydrogen) atoms. The predicted octanol–water partition coefficient (Wildman–Crippen LogP) is 2.78. The van der Waals surface area contributed by atoms with Crippen LogP contribution >= 0.6 is 0 Å². The van der Waals surface area contributed by atoms with Crippen molar-refractivity contribution in [2.45, 2.75) is 19.6 Å². The zero-order chi connectivity index (χ0) is 23.5. The number of ether oxygens (including phenoxy) is 5. The number of benzene rings is 2. The number of fused-ring (bicyclic) bond motifs is 2. The van der Waals surface area contributed by atoms with E-state index in [0.29, 0.717) is 22.6 Å². The summed E-state index contributed by atoms with van der Waals surface area (Å²) in [6.45, 7) is 3.31. The van der Waals surface area contributed by atoms with Gasteiger partial charge >= 0.3 is 11.9 Å². The lowest BCUT2D eigenvalue weighted by Crippen LogP contribution is -2.36. The molecule has 0 bridgehead atoms. The van der Waals surface area contributed by atoms with E-state index in [1.165, 1.54) is 50.6 Å². The van der Waals surface area contributed by atoms with Gasteiger partial charge in [-0.2, -0.15) is 0 Å². The van der Waals surface area contributed by atoms with Crippen molar-refractivity contribution >= 4 is 23.5 Å². The van der Waals surface area contributed by atoms with E-state index in [-0.39, 0.29) is 24.3 Å². The minimum atomic E-state index is -1.58. The highest BCUT2D eigenvalue weighted by molar-refractivity contribution is 6.41. The maximum absolute atomic E-state index is 12.4. The Balaban J connectivity index is 2.12. The lowest BCUT2D eigenvalue weighted by atomic mass is 9.89. The molecule has 0 fully saturated rings. The second kappa shape index (κ2) is 9.29. The second-order valence-corrected chi connectivity index (χ2v) is 6.65. The van der Waals surface area contributed by atoms with Crippen LogP contribution in [-0.2, 0) is 34.3 Å². The summed E-state index contributed by atoms with van der Waals surface area (Å²) in [6.07, 6.45) is 0. The molecule has 1 heterocycles. The number of hydrogen-bond acceptors (Lipinski definition) is 9. The van der Waals surface area contributed by atoms with Crippen LogP contribution in [0.15, 0.2) is 36.4 Å². The Morgan fingerprint density at radius 1 is 0.750 bits per heavy atom. The van der Waals surface area contributed by atoms with Crippen LogP contribution in [0.1, 0.15) is 45.7 Å². The Labute approximate surface area is 184 Å². The van der Waals surface area contributed by atoms with Gasteiger partial charge in [-0.15, -0.1) is 0 Å².